The lowest BCUT2D eigenvalue weighted by molar-refractivity contribution is -0.0857. The molecule has 6 heteroatoms. The number of rotatable bonds is 5. The standard InChI is InChI=1S/C16H24F3N3/c1-5-13(4)21-8-10-22(11-9-21)15(7-3)20-12-14(6-2)16(17,18)19/h6-7,12H,4-5,8-11H2,1-3H3/b14-6+,15-7+,20-12-. The molecule has 0 aromatic rings. The first kappa shape index (κ1) is 18.3. The lowest BCUT2D eigenvalue weighted by atomic mass is 10.2. The fraction of sp³-hybridized carbons (Fsp3) is 0.562. The molecule has 0 amide bonds. The number of allylic oxidation sites excluding steroid dienone is 4. The lowest BCUT2D eigenvalue weighted by Crippen LogP contribution is -2.44. The van der Waals surface area contributed by atoms with Gasteiger partial charge in [-0.2, -0.15) is 13.2 Å². The molecule has 0 saturated carbocycles. The van der Waals surface area contributed by atoms with Gasteiger partial charge in [-0.05, 0) is 26.3 Å². The fourth-order valence-corrected chi connectivity index (χ4v) is 2.26. The zero-order valence-electron chi connectivity index (χ0n) is 13.5. The van der Waals surface area contributed by atoms with Gasteiger partial charge in [0.15, 0.2) is 0 Å². The molecule has 1 aliphatic rings. The number of hydrogen-bond acceptors (Lipinski definition) is 3. The molecule has 1 rings (SSSR count). The van der Waals surface area contributed by atoms with Crippen molar-refractivity contribution in [1.29, 1.82) is 0 Å². The summed E-state index contributed by atoms with van der Waals surface area (Å²) in [6.07, 6.45) is 0.205. The predicted molar refractivity (Wildman–Crippen MR) is 84.6 cm³/mol. The molecule has 0 aromatic heterocycles. The van der Waals surface area contributed by atoms with Crippen LogP contribution in [0.5, 0.6) is 0 Å². The molecule has 1 heterocycles. The van der Waals surface area contributed by atoms with Crippen molar-refractivity contribution in [2.45, 2.75) is 33.4 Å². The summed E-state index contributed by atoms with van der Waals surface area (Å²) in [6.45, 7) is 12.3. The lowest BCUT2D eigenvalue weighted by Gasteiger charge is -2.38. The van der Waals surface area contributed by atoms with Gasteiger partial charge in [-0.25, -0.2) is 4.99 Å². The van der Waals surface area contributed by atoms with Crippen LogP contribution in [-0.2, 0) is 0 Å². The minimum Gasteiger partial charge on any atom is -0.372 e. The third-order valence-electron chi connectivity index (χ3n) is 3.69. The summed E-state index contributed by atoms with van der Waals surface area (Å²) in [5, 5.41) is 0. The Bertz CT molecular complexity index is 468. The first-order chi connectivity index (χ1) is 10.3. The minimum atomic E-state index is -4.37. The van der Waals surface area contributed by atoms with Crippen LogP contribution in [0.15, 0.2) is 40.8 Å². The van der Waals surface area contributed by atoms with E-state index in [0.717, 1.165) is 50.6 Å². The molecule has 0 bridgehead atoms. The summed E-state index contributed by atoms with van der Waals surface area (Å²) in [6, 6.07) is 0. The van der Waals surface area contributed by atoms with Crippen LogP contribution >= 0.6 is 0 Å². The fourth-order valence-electron chi connectivity index (χ4n) is 2.26. The van der Waals surface area contributed by atoms with Gasteiger partial charge in [0, 0.05) is 38.1 Å². The van der Waals surface area contributed by atoms with Crippen molar-refractivity contribution in [2.24, 2.45) is 4.99 Å². The second-order valence-electron chi connectivity index (χ2n) is 5.04. The molecule has 0 unspecified atom stereocenters. The van der Waals surface area contributed by atoms with Gasteiger partial charge in [-0.1, -0.05) is 19.6 Å². The van der Waals surface area contributed by atoms with Crippen LogP contribution in [0.1, 0.15) is 27.2 Å². The molecular weight excluding hydrogens is 291 g/mol. The van der Waals surface area contributed by atoms with E-state index >= 15 is 0 Å². The molecule has 0 N–H and O–H groups in total. The van der Waals surface area contributed by atoms with Crippen LogP contribution in [0.2, 0.25) is 0 Å². The molecule has 1 fully saturated rings. The third kappa shape index (κ3) is 4.93. The molecule has 22 heavy (non-hydrogen) atoms. The number of nitrogens with zero attached hydrogens (tertiary/aromatic N) is 3. The molecule has 0 atom stereocenters. The minimum absolute atomic E-state index is 0.574. The van der Waals surface area contributed by atoms with Gasteiger partial charge in [-0.15, -0.1) is 0 Å². The highest BCUT2D eigenvalue weighted by Crippen LogP contribution is 2.24. The molecule has 124 valence electrons. The average Bonchev–Trinajstić information content (AvgIpc) is 2.50. The SMILES string of the molecule is C=C(CC)N1CCN(C(=C/C)/N=C\C(=C/C)C(F)(F)F)CC1. The summed E-state index contributed by atoms with van der Waals surface area (Å²) in [4.78, 5) is 8.23. The van der Waals surface area contributed by atoms with E-state index in [1.807, 2.05) is 4.90 Å². The first-order valence-corrected chi connectivity index (χ1v) is 7.45. The highest BCUT2D eigenvalue weighted by molar-refractivity contribution is 5.80. The maximum absolute atomic E-state index is 12.7. The Morgan fingerprint density at radius 2 is 1.64 bits per heavy atom. The Kier molecular flexibility index (Phi) is 6.71. The molecule has 0 radical (unpaired) electrons. The monoisotopic (exact) mass is 315 g/mol. The van der Waals surface area contributed by atoms with Crippen molar-refractivity contribution < 1.29 is 13.2 Å². The number of hydrogen-bond donors (Lipinski definition) is 0. The maximum atomic E-state index is 12.7. The second-order valence-corrected chi connectivity index (χ2v) is 5.04. The van der Waals surface area contributed by atoms with Gasteiger partial charge in [0.1, 0.15) is 5.82 Å². The number of alkyl halides is 3. The zero-order valence-corrected chi connectivity index (χ0v) is 13.5. The third-order valence-corrected chi connectivity index (χ3v) is 3.69. The smallest absolute Gasteiger partial charge is 0.372 e. The van der Waals surface area contributed by atoms with E-state index in [1.54, 1.807) is 13.0 Å². The topological polar surface area (TPSA) is 18.8 Å². The summed E-state index contributed by atoms with van der Waals surface area (Å²) in [5.41, 5.74) is 0.364. The van der Waals surface area contributed by atoms with Crippen molar-refractivity contribution >= 4 is 6.21 Å². The normalized spacial score (nSPS) is 18.3. The molecule has 0 aliphatic carbocycles. The average molecular weight is 315 g/mol. The predicted octanol–water partition coefficient (Wildman–Crippen LogP) is 3.97. The van der Waals surface area contributed by atoms with Crippen LogP contribution in [-0.4, -0.2) is 48.4 Å². The van der Waals surface area contributed by atoms with Gasteiger partial charge in [0.25, 0.3) is 0 Å². The second kappa shape index (κ2) is 8.06. The Labute approximate surface area is 130 Å². The largest absolute Gasteiger partial charge is 0.417 e. The van der Waals surface area contributed by atoms with Crippen molar-refractivity contribution in [2.75, 3.05) is 26.2 Å². The van der Waals surface area contributed by atoms with Gasteiger partial charge >= 0.3 is 6.18 Å². The van der Waals surface area contributed by atoms with Crippen molar-refractivity contribution in [3.8, 4) is 0 Å². The van der Waals surface area contributed by atoms with Gasteiger partial charge in [0.05, 0.1) is 5.57 Å². The van der Waals surface area contributed by atoms with Gasteiger partial charge in [0.2, 0.25) is 0 Å². The number of aliphatic imine (C=N–C) groups is 1. The van der Waals surface area contributed by atoms with Crippen LogP contribution in [0.3, 0.4) is 0 Å². The van der Waals surface area contributed by atoms with E-state index in [2.05, 4.69) is 23.4 Å². The Morgan fingerprint density at radius 1 is 1.09 bits per heavy atom. The van der Waals surface area contributed by atoms with Crippen molar-refractivity contribution in [3.63, 3.8) is 0 Å². The van der Waals surface area contributed by atoms with Crippen LogP contribution in [0.4, 0.5) is 13.2 Å². The summed E-state index contributed by atoms with van der Waals surface area (Å²) < 4.78 is 38.1. The van der Waals surface area contributed by atoms with E-state index in [-0.39, 0.29) is 0 Å². The van der Waals surface area contributed by atoms with E-state index < -0.39 is 11.7 Å². The first-order valence-electron chi connectivity index (χ1n) is 7.45. The molecule has 1 aliphatic heterocycles. The highest BCUT2D eigenvalue weighted by Gasteiger charge is 2.31. The molecule has 0 aromatic carbocycles. The summed E-state index contributed by atoms with van der Waals surface area (Å²) in [5.74, 6) is 0.574. The highest BCUT2D eigenvalue weighted by atomic mass is 19.4. The maximum Gasteiger partial charge on any atom is 0.417 e. The number of halogens is 3. The zero-order chi connectivity index (χ0) is 16.8. The van der Waals surface area contributed by atoms with Gasteiger partial charge < -0.3 is 9.80 Å². The van der Waals surface area contributed by atoms with Crippen LogP contribution in [0.25, 0.3) is 0 Å². The van der Waals surface area contributed by atoms with E-state index in [1.165, 1.54) is 6.92 Å². The van der Waals surface area contributed by atoms with Crippen molar-refractivity contribution in [3.05, 3.63) is 35.8 Å². The van der Waals surface area contributed by atoms with E-state index in [9.17, 15) is 13.2 Å². The summed E-state index contributed by atoms with van der Waals surface area (Å²) >= 11 is 0. The van der Waals surface area contributed by atoms with Crippen LogP contribution in [0, 0.1) is 0 Å². The quantitative estimate of drug-likeness (QED) is 0.715. The Morgan fingerprint density at radius 3 is 2.05 bits per heavy atom. The molecule has 0 spiro atoms. The van der Waals surface area contributed by atoms with E-state index in [4.69, 9.17) is 0 Å². The summed E-state index contributed by atoms with van der Waals surface area (Å²) in [7, 11) is 0. The van der Waals surface area contributed by atoms with E-state index in [0.29, 0.717) is 5.82 Å². The molecule has 1 saturated heterocycles. The molecular formula is C16H24F3N3. The van der Waals surface area contributed by atoms with Gasteiger partial charge in [-0.3, -0.25) is 0 Å². The van der Waals surface area contributed by atoms with Crippen LogP contribution < -0.4 is 0 Å². The number of piperazine rings is 1. The molecule has 3 nitrogen and oxygen atoms in total. The Balaban J connectivity index is 2.70. The Hall–Kier alpha value is -1.72. The van der Waals surface area contributed by atoms with Crippen molar-refractivity contribution in [1.82, 2.24) is 9.80 Å².